The molecule has 110 valence electrons. The fraction of sp³-hybridized carbons (Fsp3) is 0.353. The van der Waals surface area contributed by atoms with Gasteiger partial charge in [-0.25, -0.2) is 0 Å². The minimum Gasteiger partial charge on any atom is -0.341 e. The van der Waals surface area contributed by atoms with E-state index in [0.29, 0.717) is 6.04 Å². The molecule has 4 nitrogen and oxygen atoms in total. The molecular weight excluding hydrogens is 260 g/mol. The Morgan fingerprint density at radius 3 is 2.71 bits per heavy atom. The predicted octanol–water partition coefficient (Wildman–Crippen LogP) is 2.92. The maximum Gasteiger partial charge on any atom is 0.0821 e. The maximum absolute atomic E-state index is 4.48. The van der Waals surface area contributed by atoms with E-state index in [0.717, 1.165) is 18.8 Å². The fourth-order valence-corrected chi connectivity index (χ4v) is 2.65. The van der Waals surface area contributed by atoms with Crippen LogP contribution in [0.1, 0.15) is 25.1 Å². The molecule has 0 amide bonds. The lowest BCUT2D eigenvalue weighted by atomic mass is 10.1. The maximum atomic E-state index is 4.48. The Morgan fingerprint density at radius 2 is 2.00 bits per heavy atom. The van der Waals surface area contributed by atoms with Crippen molar-refractivity contribution >= 4 is 10.9 Å². The molecule has 21 heavy (non-hydrogen) atoms. The van der Waals surface area contributed by atoms with Crippen molar-refractivity contribution in [1.29, 1.82) is 0 Å². The Balaban J connectivity index is 1.95. The van der Waals surface area contributed by atoms with Crippen LogP contribution in [0.4, 0.5) is 0 Å². The topological polar surface area (TPSA) is 34.8 Å². The van der Waals surface area contributed by atoms with E-state index in [9.17, 15) is 0 Å². The summed E-state index contributed by atoms with van der Waals surface area (Å²) in [5.41, 5.74) is 3.72. The molecule has 0 saturated carbocycles. The van der Waals surface area contributed by atoms with Gasteiger partial charge in [0.1, 0.15) is 0 Å². The van der Waals surface area contributed by atoms with Crippen molar-refractivity contribution in [1.82, 2.24) is 19.7 Å². The lowest BCUT2D eigenvalue weighted by molar-refractivity contribution is 0.589. The SMILES string of the molecule is CC(C)NCc1cccc2ccn(Cc3ccn(C)n3)c12. The predicted molar refractivity (Wildman–Crippen MR) is 86.2 cm³/mol. The van der Waals surface area contributed by atoms with Crippen molar-refractivity contribution in [2.45, 2.75) is 33.0 Å². The van der Waals surface area contributed by atoms with Crippen molar-refractivity contribution in [3.63, 3.8) is 0 Å². The van der Waals surface area contributed by atoms with Gasteiger partial charge < -0.3 is 9.88 Å². The highest BCUT2D eigenvalue weighted by Gasteiger charge is 2.08. The van der Waals surface area contributed by atoms with Gasteiger partial charge in [-0.1, -0.05) is 32.0 Å². The molecule has 3 rings (SSSR count). The third-order valence-electron chi connectivity index (χ3n) is 3.67. The number of aryl methyl sites for hydroxylation is 1. The van der Waals surface area contributed by atoms with E-state index in [1.54, 1.807) is 0 Å². The minimum absolute atomic E-state index is 0.486. The van der Waals surface area contributed by atoms with Crippen molar-refractivity contribution in [2.24, 2.45) is 7.05 Å². The van der Waals surface area contributed by atoms with Gasteiger partial charge in [0.25, 0.3) is 0 Å². The largest absolute Gasteiger partial charge is 0.341 e. The van der Waals surface area contributed by atoms with Crippen LogP contribution in [0.2, 0.25) is 0 Å². The van der Waals surface area contributed by atoms with Crippen LogP contribution in [0.25, 0.3) is 10.9 Å². The van der Waals surface area contributed by atoms with Crippen LogP contribution in [0.3, 0.4) is 0 Å². The molecule has 0 spiro atoms. The quantitative estimate of drug-likeness (QED) is 0.781. The average Bonchev–Trinajstić information content (AvgIpc) is 3.04. The molecule has 0 aliphatic carbocycles. The first-order valence-electron chi connectivity index (χ1n) is 7.42. The number of fused-ring (bicyclic) bond motifs is 1. The van der Waals surface area contributed by atoms with Gasteiger partial charge in [-0.2, -0.15) is 5.10 Å². The molecule has 0 unspecified atom stereocenters. The van der Waals surface area contributed by atoms with Gasteiger partial charge in [0.05, 0.1) is 17.8 Å². The molecule has 1 N–H and O–H groups in total. The monoisotopic (exact) mass is 282 g/mol. The summed E-state index contributed by atoms with van der Waals surface area (Å²) in [6.07, 6.45) is 4.14. The Bertz CT molecular complexity index is 736. The summed E-state index contributed by atoms with van der Waals surface area (Å²) in [6.45, 7) is 6.05. The molecule has 0 aliphatic rings. The zero-order valence-electron chi connectivity index (χ0n) is 12.9. The first kappa shape index (κ1) is 13.9. The van der Waals surface area contributed by atoms with Gasteiger partial charge in [-0.15, -0.1) is 0 Å². The number of hydrogen-bond acceptors (Lipinski definition) is 2. The van der Waals surface area contributed by atoms with Crippen LogP contribution in [-0.2, 0) is 20.1 Å². The van der Waals surface area contributed by atoms with E-state index in [2.05, 4.69) is 65.4 Å². The zero-order valence-corrected chi connectivity index (χ0v) is 12.9. The highest BCUT2D eigenvalue weighted by molar-refractivity contribution is 5.83. The number of aromatic nitrogens is 3. The molecule has 3 aromatic rings. The van der Waals surface area contributed by atoms with Gasteiger partial charge >= 0.3 is 0 Å². The molecule has 4 heteroatoms. The summed E-state index contributed by atoms with van der Waals surface area (Å²) in [4.78, 5) is 0. The van der Waals surface area contributed by atoms with Gasteiger partial charge in [0.2, 0.25) is 0 Å². The number of nitrogens with one attached hydrogen (secondary N) is 1. The van der Waals surface area contributed by atoms with Crippen LogP contribution in [0.15, 0.2) is 42.7 Å². The van der Waals surface area contributed by atoms with E-state index >= 15 is 0 Å². The molecule has 0 aliphatic heterocycles. The summed E-state index contributed by atoms with van der Waals surface area (Å²) in [5.74, 6) is 0. The van der Waals surface area contributed by atoms with Crippen LogP contribution in [0, 0.1) is 0 Å². The van der Waals surface area contributed by atoms with E-state index in [-0.39, 0.29) is 0 Å². The Labute approximate surface area is 125 Å². The number of nitrogens with zero attached hydrogens (tertiary/aromatic N) is 3. The summed E-state index contributed by atoms with van der Waals surface area (Å²) in [6, 6.07) is 11.2. The molecule has 2 heterocycles. The molecule has 0 atom stereocenters. The van der Waals surface area contributed by atoms with E-state index in [1.165, 1.54) is 16.5 Å². The third kappa shape index (κ3) is 3.00. The summed E-state index contributed by atoms with van der Waals surface area (Å²) in [7, 11) is 1.95. The van der Waals surface area contributed by atoms with Crippen LogP contribution >= 0.6 is 0 Å². The van der Waals surface area contributed by atoms with E-state index < -0.39 is 0 Å². The molecule has 1 aromatic carbocycles. The van der Waals surface area contributed by atoms with Crippen molar-refractivity contribution in [3.8, 4) is 0 Å². The minimum atomic E-state index is 0.486. The average molecular weight is 282 g/mol. The van der Waals surface area contributed by atoms with Crippen molar-refractivity contribution < 1.29 is 0 Å². The second-order valence-electron chi connectivity index (χ2n) is 5.81. The third-order valence-corrected chi connectivity index (χ3v) is 3.67. The second kappa shape index (κ2) is 5.74. The second-order valence-corrected chi connectivity index (χ2v) is 5.81. The smallest absolute Gasteiger partial charge is 0.0821 e. The molecular formula is C17H22N4. The van der Waals surface area contributed by atoms with Gasteiger partial charge in [-0.05, 0) is 23.1 Å². The molecule has 0 bridgehead atoms. The first-order chi connectivity index (χ1) is 10.1. The van der Waals surface area contributed by atoms with Crippen molar-refractivity contribution in [2.75, 3.05) is 0 Å². The number of rotatable bonds is 5. The van der Waals surface area contributed by atoms with Gasteiger partial charge in [0, 0.05) is 32.0 Å². The van der Waals surface area contributed by atoms with E-state index in [1.807, 2.05) is 17.9 Å². The van der Waals surface area contributed by atoms with Crippen molar-refractivity contribution in [3.05, 3.63) is 54.0 Å². The lowest BCUT2D eigenvalue weighted by Gasteiger charge is -2.12. The van der Waals surface area contributed by atoms with Gasteiger partial charge in [0.15, 0.2) is 0 Å². The number of para-hydroxylation sites is 1. The summed E-state index contributed by atoms with van der Waals surface area (Å²) in [5, 5.41) is 9.27. The molecule has 0 radical (unpaired) electrons. The zero-order chi connectivity index (χ0) is 14.8. The summed E-state index contributed by atoms with van der Waals surface area (Å²) < 4.78 is 4.14. The summed E-state index contributed by atoms with van der Waals surface area (Å²) >= 11 is 0. The standard InChI is InChI=1S/C17H22N4/c1-13(2)18-11-15-6-4-5-14-7-10-21(17(14)15)12-16-8-9-20(3)19-16/h4-10,13,18H,11-12H2,1-3H3. The molecule has 2 aromatic heterocycles. The van der Waals surface area contributed by atoms with Crippen LogP contribution < -0.4 is 5.32 Å². The van der Waals surface area contributed by atoms with Crippen LogP contribution in [0.5, 0.6) is 0 Å². The Kier molecular flexibility index (Phi) is 3.80. The Morgan fingerprint density at radius 1 is 1.14 bits per heavy atom. The number of benzene rings is 1. The molecule has 0 saturated heterocycles. The first-order valence-corrected chi connectivity index (χ1v) is 7.42. The highest BCUT2D eigenvalue weighted by Crippen LogP contribution is 2.21. The lowest BCUT2D eigenvalue weighted by Crippen LogP contribution is -2.22. The Hall–Kier alpha value is -2.07. The highest BCUT2D eigenvalue weighted by atomic mass is 15.3. The van der Waals surface area contributed by atoms with Gasteiger partial charge in [-0.3, -0.25) is 4.68 Å². The molecule has 0 fully saturated rings. The van der Waals surface area contributed by atoms with Crippen LogP contribution in [-0.4, -0.2) is 20.4 Å². The van der Waals surface area contributed by atoms with E-state index in [4.69, 9.17) is 0 Å². The fourth-order valence-electron chi connectivity index (χ4n) is 2.65. The normalized spacial score (nSPS) is 11.6. The number of hydrogen-bond donors (Lipinski definition) is 1.